The molecule has 0 aromatic heterocycles. The van der Waals surface area contributed by atoms with Gasteiger partial charge in [0.25, 0.3) is 0 Å². The molecule has 0 aliphatic carbocycles. The molecule has 4 aliphatic rings. The van der Waals surface area contributed by atoms with E-state index in [1.807, 2.05) is 68.2 Å². The van der Waals surface area contributed by atoms with Crippen molar-refractivity contribution >= 4 is 35.2 Å². The number of nitrogens with zero attached hydrogens (tertiary/aromatic N) is 3. The molecule has 0 saturated carbocycles. The van der Waals surface area contributed by atoms with Crippen LogP contribution in [0.4, 0.5) is 5.69 Å². The Labute approximate surface area is 247 Å². The molecule has 4 heterocycles. The molecule has 1 N–H and O–H groups in total. The van der Waals surface area contributed by atoms with Gasteiger partial charge >= 0.3 is 0 Å². The molecule has 5 rings (SSSR count). The Hall–Kier alpha value is -2.78. The van der Waals surface area contributed by atoms with E-state index in [-0.39, 0.29) is 30.4 Å². The topological polar surface area (TPSA) is 90.4 Å². The Balaban J connectivity index is 1.61. The highest BCUT2D eigenvalue weighted by molar-refractivity contribution is 8.02. The van der Waals surface area contributed by atoms with Crippen LogP contribution in [0.15, 0.2) is 48.6 Å². The molecule has 7 atom stereocenters. The molecule has 8 nitrogen and oxygen atoms in total. The number of hydrogen-bond donors (Lipinski definition) is 1. The largest absolute Gasteiger partial charge is 0.494 e. The highest BCUT2D eigenvalue weighted by atomic mass is 32.2. The number of carbonyl (C=O) groups is 3. The van der Waals surface area contributed by atoms with Crippen molar-refractivity contribution < 1.29 is 24.2 Å². The number of ether oxygens (including phenoxy) is 1. The fraction of sp³-hybridized carbons (Fsp3) is 0.594. The molecule has 2 saturated heterocycles. The van der Waals surface area contributed by atoms with Crippen molar-refractivity contribution in [1.82, 2.24) is 9.80 Å². The number of carbonyl (C=O) groups excluding carboxylic acids is 3. The van der Waals surface area contributed by atoms with E-state index >= 15 is 0 Å². The average molecular weight is 582 g/mol. The lowest BCUT2D eigenvalue weighted by Crippen LogP contribution is -2.57. The number of aliphatic hydroxyl groups is 1. The Morgan fingerprint density at radius 3 is 2.34 bits per heavy atom. The van der Waals surface area contributed by atoms with Crippen LogP contribution >= 0.6 is 11.8 Å². The van der Waals surface area contributed by atoms with Gasteiger partial charge in [-0.25, -0.2) is 0 Å². The molecule has 1 aromatic carbocycles. The van der Waals surface area contributed by atoms with E-state index in [1.165, 1.54) is 0 Å². The zero-order valence-corrected chi connectivity index (χ0v) is 25.6. The Morgan fingerprint density at radius 2 is 1.71 bits per heavy atom. The molecule has 4 aliphatic heterocycles. The molecule has 41 heavy (non-hydrogen) atoms. The summed E-state index contributed by atoms with van der Waals surface area (Å²) in [5, 5.41) is 10.4. The maximum absolute atomic E-state index is 14.6. The fourth-order valence-electron chi connectivity index (χ4n) is 7.38. The van der Waals surface area contributed by atoms with Gasteiger partial charge in [-0.1, -0.05) is 44.6 Å². The van der Waals surface area contributed by atoms with Gasteiger partial charge in [-0.15, -0.1) is 11.8 Å². The van der Waals surface area contributed by atoms with E-state index in [2.05, 4.69) is 19.9 Å². The van der Waals surface area contributed by atoms with Gasteiger partial charge in [0.2, 0.25) is 17.7 Å². The molecule has 1 aromatic rings. The second-order valence-corrected chi connectivity index (χ2v) is 13.6. The molecule has 9 heteroatoms. The predicted molar refractivity (Wildman–Crippen MR) is 162 cm³/mol. The summed E-state index contributed by atoms with van der Waals surface area (Å²) < 4.78 is 4.00. The van der Waals surface area contributed by atoms with Crippen molar-refractivity contribution in [3.63, 3.8) is 0 Å². The number of thioether (sulfide) groups is 1. The Morgan fingerprint density at radius 1 is 1.00 bits per heavy atom. The minimum atomic E-state index is -0.918. The number of benzene rings is 1. The molecule has 0 radical (unpaired) electrons. The molecule has 222 valence electrons. The second-order valence-electron chi connectivity index (χ2n) is 11.8. The van der Waals surface area contributed by atoms with E-state index < -0.39 is 33.4 Å². The van der Waals surface area contributed by atoms with Crippen LogP contribution in [0.25, 0.3) is 0 Å². The van der Waals surface area contributed by atoms with Gasteiger partial charge in [0.05, 0.1) is 35.8 Å². The first-order chi connectivity index (χ1) is 19.7. The highest BCUT2D eigenvalue weighted by Gasteiger charge is 2.74. The van der Waals surface area contributed by atoms with E-state index in [0.717, 1.165) is 24.3 Å². The maximum atomic E-state index is 14.6. The second kappa shape index (κ2) is 11.5. The number of likely N-dealkylation sites (tertiary alicyclic amines) is 1. The van der Waals surface area contributed by atoms with Crippen molar-refractivity contribution in [2.24, 2.45) is 11.8 Å². The first-order valence-corrected chi connectivity index (χ1v) is 15.8. The summed E-state index contributed by atoms with van der Waals surface area (Å²) in [7, 11) is 0. The Bertz CT molecular complexity index is 1230. The van der Waals surface area contributed by atoms with E-state index in [4.69, 9.17) is 4.74 Å². The third kappa shape index (κ3) is 4.69. The van der Waals surface area contributed by atoms with Crippen LogP contribution in [0.5, 0.6) is 5.75 Å². The zero-order valence-electron chi connectivity index (χ0n) is 24.8. The molecular formula is C32H43N3O5S. The third-order valence-corrected chi connectivity index (χ3v) is 11.1. The van der Waals surface area contributed by atoms with Crippen LogP contribution in [0.3, 0.4) is 0 Å². The number of rotatable bonds is 9. The smallest absolute Gasteiger partial charge is 0.247 e. The summed E-state index contributed by atoms with van der Waals surface area (Å²) >= 11 is 1.58. The molecule has 2 fully saturated rings. The van der Waals surface area contributed by atoms with Crippen molar-refractivity contribution in [3.8, 4) is 5.75 Å². The number of hydrogen-bond acceptors (Lipinski definition) is 6. The van der Waals surface area contributed by atoms with Crippen molar-refractivity contribution in [2.75, 3.05) is 31.2 Å². The van der Waals surface area contributed by atoms with Crippen LogP contribution in [-0.2, 0) is 14.4 Å². The van der Waals surface area contributed by atoms with Crippen molar-refractivity contribution in [1.29, 1.82) is 0 Å². The van der Waals surface area contributed by atoms with Crippen molar-refractivity contribution in [2.45, 2.75) is 81.5 Å². The number of aliphatic hydroxyl groups excluding tert-OH is 1. The van der Waals surface area contributed by atoms with Gasteiger partial charge in [-0.2, -0.15) is 0 Å². The van der Waals surface area contributed by atoms with Gasteiger partial charge in [0, 0.05) is 29.6 Å². The fourth-order valence-corrected chi connectivity index (χ4v) is 9.52. The van der Waals surface area contributed by atoms with Crippen molar-refractivity contribution in [3.05, 3.63) is 48.6 Å². The zero-order chi connectivity index (χ0) is 29.5. The molecule has 1 spiro atoms. The Kier molecular flexibility index (Phi) is 8.32. The summed E-state index contributed by atoms with van der Waals surface area (Å²) in [6, 6.07) is 6.20. The predicted octanol–water partition coefficient (Wildman–Crippen LogP) is 4.03. The number of anilines is 1. The minimum Gasteiger partial charge on any atom is -0.494 e. The van der Waals surface area contributed by atoms with Crippen LogP contribution in [0.2, 0.25) is 0 Å². The monoisotopic (exact) mass is 581 g/mol. The van der Waals surface area contributed by atoms with Gasteiger partial charge in [0.15, 0.2) is 0 Å². The van der Waals surface area contributed by atoms with E-state index in [9.17, 15) is 19.5 Å². The third-order valence-electron chi connectivity index (χ3n) is 9.30. The number of amides is 3. The lowest BCUT2D eigenvalue weighted by atomic mass is 9.74. The molecule has 3 amide bonds. The first kappa shape index (κ1) is 29.7. The number of fused-ring (bicyclic) bond motifs is 2. The summed E-state index contributed by atoms with van der Waals surface area (Å²) in [6.45, 7) is 11.2. The van der Waals surface area contributed by atoms with Gasteiger partial charge in [-0.3, -0.25) is 14.4 Å². The van der Waals surface area contributed by atoms with Gasteiger partial charge < -0.3 is 24.5 Å². The molecule has 0 bridgehead atoms. The maximum Gasteiger partial charge on any atom is 0.247 e. The van der Waals surface area contributed by atoms with Crippen LogP contribution in [0, 0.1) is 11.8 Å². The average Bonchev–Trinajstić information content (AvgIpc) is 3.22. The normalized spacial score (nSPS) is 32.4. The quantitative estimate of drug-likeness (QED) is 0.443. The summed E-state index contributed by atoms with van der Waals surface area (Å²) in [6.07, 6.45) is 10.5. The van der Waals surface area contributed by atoms with Crippen LogP contribution in [-0.4, -0.2) is 86.6 Å². The van der Waals surface area contributed by atoms with Crippen LogP contribution < -0.4 is 9.64 Å². The van der Waals surface area contributed by atoms with Crippen LogP contribution in [0.1, 0.15) is 53.9 Å². The summed E-state index contributed by atoms with van der Waals surface area (Å²) in [5.74, 6) is -1.10. The standard InChI is InChI=1S/C32H43N3O5S/c1-6-11-21(4)33-18-10-17-32-26(29(38)35(22(7-2)20-36)27(32)30(33)39)25-28(37)34(19-9-16-31(25,5)41-32)23-12-14-24(15-13-23)40-8-3/h9-10,12-17,21-22,25-27,36H,6-8,11,18-20H2,1-5H3/t21?,22-,25-,26-,27?,31+,32-/m0/s1. The first-order valence-electron chi connectivity index (χ1n) is 15.0. The lowest BCUT2D eigenvalue weighted by Gasteiger charge is -2.40. The van der Waals surface area contributed by atoms with Gasteiger partial charge in [-0.05, 0) is 57.9 Å². The molecular weight excluding hydrogens is 538 g/mol. The SMILES string of the molecule is CCCC(C)N1CC=C[C@]23S[C@]4(C)C=CCN(c5ccc(OCC)cc5)C(=O)[C@@H]4[C@H]2C(=O)N([C@@H](CC)CO)C3C1=O. The summed E-state index contributed by atoms with van der Waals surface area (Å²) in [5.41, 5.74) is 0.742. The van der Waals surface area contributed by atoms with E-state index in [0.29, 0.717) is 26.1 Å². The van der Waals surface area contributed by atoms with Gasteiger partial charge in [0.1, 0.15) is 11.8 Å². The highest BCUT2D eigenvalue weighted by Crippen LogP contribution is 2.66. The minimum absolute atomic E-state index is 0.0154. The summed E-state index contributed by atoms with van der Waals surface area (Å²) in [4.78, 5) is 48.9. The van der Waals surface area contributed by atoms with E-state index in [1.54, 1.807) is 21.6 Å². The lowest BCUT2D eigenvalue weighted by molar-refractivity contribution is -0.146. The molecule has 2 unspecified atom stereocenters.